The average molecular weight is 438 g/mol. The average Bonchev–Trinajstić information content (AvgIpc) is 3.08. The number of ether oxygens (including phenoxy) is 1. The molecule has 0 unspecified atom stereocenters. The molecule has 2 aromatic carbocycles. The Kier molecular flexibility index (Phi) is 5.86. The quantitative estimate of drug-likeness (QED) is 0.613. The van der Waals surface area contributed by atoms with E-state index in [1.165, 1.54) is 30.3 Å². The highest BCUT2D eigenvalue weighted by molar-refractivity contribution is 7.90. The van der Waals surface area contributed by atoms with Crippen molar-refractivity contribution in [2.24, 2.45) is 0 Å². The van der Waals surface area contributed by atoms with Crippen LogP contribution in [-0.4, -0.2) is 38.4 Å². The molecular weight excluding hydrogens is 417 g/mol. The number of aromatic nitrogens is 1. The van der Waals surface area contributed by atoms with Crippen molar-refractivity contribution in [2.45, 2.75) is 24.5 Å². The summed E-state index contributed by atoms with van der Waals surface area (Å²) in [7, 11) is -3.53. The van der Waals surface area contributed by atoms with E-state index in [0.29, 0.717) is 48.3 Å². The molecule has 0 amide bonds. The monoisotopic (exact) mass is 438 g/mol. The zero-order chi connectivity index (χ0) is 21.3. The summed E-state index contributed by atoms with van der Waals surface area (Å²) in [5.41, 5.74) is 1.78. The predicted octanol–water partition coefficient (Wildman–Crippen LogP) is 3.89. The fourth-order valence-corrected chi connectivity index (χ4v) is 5.25. The summed E-state index contributed by atoms with van der Waals surface area (Å²) in [5.74, 6) is -1.89. The number of nitrogens with one attached hydrogen (secondary N) is 2. The lowest BCUT2D eigenvalue weighted by Crippen LogP contribution is -2.38. The number of sulfonamides is 1. The first-order chi connectivity index (χ1) is 14.3. The molecule has 1 aliphatic rings. The van der Waals surface area contributed by atoms with Crippen molar-refractivity contribution in [3.63, 3.8) is 0 Å². The molecule has 4 rings (SSSR count). The Balaban J connectivity index is 1.64. The minimum absolute atomic E-state index is 0.0684. The second-order valence-corrected chi connectivity index (χ2v) is 9.34. The molecule has 1 fully saturated rings. The van der Waals surface area contributed by atoms with Gasteiger partial charge in [0.25, 0.3) is 0 Å². The Morgan fingerprint density at radius 1 is 1.03 bits per heavy atom. The van der Waals surface area contributed by atoms with E-state index in [1.54, 1.807) is 0 Å². The number of aromatic amines is 1. The normalized spacial score (nSPS) is 15.7. The Hall–Kier alpha value is -2.36. The van der Waals surface area contributed by atoms with Gasteiger partial charge in [0.1, 0.15) is 17.5 Å². The maximum atomic E-state index is 14.3. The van der Waals surface area contributed by atoms with Crippen LogP contribution in [0, 0.1) is 17.5 Å². The standard InChI is InChI=1S/C21H21F3N2O3S/c22-14-3-1-13(2-4-14)20-17(18-11-15(23)12-19(24)21(18)26-20)5-8-25-30(27,28)16-6-9-29-10-7-16/h1-4,11-12,16,25-26H,5-10H2. The highest BCUT2D eigenvalue weighted by atomic mass is 32.2. The van der Waals surface area contributed by atoms with Crippen molar-refractivity contribution in [3.05, 3.63) is 59.4 Å². The van der Waals surface area contributed by atoms with Crippen LogP contribution in [-0.2, 0) is 21.2 Å². The molecule has 0 spiro atoms. The summed E-state index contributed by atoms with van der Waals surface area (Å²) in [6.07, 6.45) is 1.07. The number of halogens is 3. The number of rotatable bonds is 6. The fraction of sp³-hybridized carbons (Fsp3) is 0.333. The second kappa shape index (κ2) is 8.41. The molecule has 1 saturated heterocycles. The van der Waals surface area contributed by atoms with Crippen molar-refractivity contribution in [1.29, 1.82) is 0 Å². The van der Waals surface area contributed by atoms with Crippen molar-refractivity contribution in [2.75, 3.05) is 19.8 Å². The summed E-state index contributed by atoms with van der Waals surface area (Å²) in [4.78, 5) is 2.95. The van der Waals surface area contributed by atoms with E-state index in [-0.39, 0.29) is 18.5 Å². The van der Waals surface area contributed by atoms with Gasteiger partial charge in [0, 0.05) is 36.9 Å². The van der Waals surface area contributed by atoms with Gasteiger partial charge in [-0.1, -0.05) is 0 Å². The van der Waals surface area contributed by atoms with E-state index in [1.807, 2.05) is 0 Å². The summed E-state index contributed by atoms with van der Waals surface area (Å²) in [6.45, 7) is 0.877. The van der Waals surface area contributed by atoms with Gasteiger partial charge in [-0.25, -0.2) is 26.3 Å². The summed E-state index contributed by atoms with van der Waals surface area (Å²) in [6, 6.07) is 7.61. The minimum Gasteiger partial charge on any atom is -0.381 e. The molecule has 2 N–H and O–H groups in total. The lowest BCUT2D eigenvalue weighted by atomic mass is 10.0. The molecule has 0 radical (unpaired) electrons. The molecule has 0 saturated carbocycles. The van der Waals surface area contributed by atoms with Gasteiger partial charge in [-0.2, -0.15) is 0 Å². The lowest BCUT2D eigenvalue weighted by molar-refractivity contribution is 0.0981. The molecule has 0 aliphatic carbocycles. The van der Waals surface area contributed by atoms with Gasteiger partial charge in [-0.3, -0.25) is 0 Å². The second-order valence-electron chi connectivity index (χ2n) is 7.30. The first-order valence-corrected chi connectivity index (χ1v) is 11.2. The first kappa shape index (κ1) is 20.9. The van der Waals surface area contributed by atoms with E-state index >= 15 is 0 Å². The van der Waals surface area contributed by atoms with E-state index in [9.17, 15) is 21.6 Å². The molecule has 3 aromatic rings. The van der Waals surface area contributed by atoms with E-state index in [4.69, 9.17) is 4.74 Å². The molecule has 0 atom stereocenters. The maximum Gasteiger partial charge on any atom is 0.214 e. The summed E-state index contributed by atoms with van der Waals surface area (Å²) < 4.78 is 74.4. The predicted molar refractivity (Wildman–Crippen MR) is 108 cm³/mol. The van der Waals surface area contributed by atoms with Crippen LogP contribution in [0.4, 0.5) is 13.2 Å². The van der Waals surface area contributed by atoms with Crippen LogP contribution >= 0.6 is 0 Å². The van der Waals surface area contributed by atoms with Crippen LogP contribution in [0.3, 0.4) is 0 Å². The lowest BCUT2D eigenvalue weighted by Gasteiger charge is -2.22. The topological polar surface area (TPSA) is 71.2 Å². The third-order valence-electron chi connectivity index (χ3n) is 5.35. The van der Waals surface area contributed by atoms with Gasteiger partial charge in [0.15, 0.2) is 0 Å². The third-order valence-corrected chi connectivity index (χ3v) is 7.31. The maximum absolute atomic E-state index is 14.3. The zero-order valence-corrected chi connectivity index (χ0v) is 16.9. The van der Waals surface area contributed by atoms with Crippen molar-refractivity contribution >= 4 is 20.9 Å². The molecule has 160 valence electrons. The van der Waals surface area contributed by atoms with Crippen LogP contribution in [0.5, 0.6) is 0 Å². The first-order valence-electron chi connectivity index (χ1n) is 9.67. The molecule has 2 heterocycles. The largest absolute Gasteiger partial charge is 0.381 e. The number of benzene rings is 2. The Bertz CT molecular complexity index is 1150. The van der Waals surface area contributed by atoms with Crippen LogP contribution in [0.2, 0.25) is 0 Å². The smallest absolute Gasteiger partial charge is 0.214 e. The van der Waals surface area contributed by atoms with Gasteiger partial charge in [-0.15, -0.1) is 0 Å². The number of hydrogen-bond acceptors (Lipinski definition) is 3. The van der Waals surface area contributed by atoms with Crippen LogP contribution in [0.15, 0.2) is 36.4 Å². The highest BCUT2D eigenvalue weighted by Crippen LogP contribution is 2.33. The van der Waals surface area contributed by atoms with Crippen molar-refractivity contribution < 1.29 is 26.3 Å². The van der Waals surface area contributed by atoms with Gasteiger partial charge in [0.05, 0.1) is 10.8 Å². The van der Waals surface area contributed by atoms with Crippen molar-refractivity contribution in [1.82, 2.24) is 9.71 Å². The van der Waals surface area contributed by atoms with Gasteiger partial charge < -0.3 is 9.72 Å². The number of H-pyrrole nitrogens is 1. The van der Waals surface area contributed by atoms with Gasteiger partial charge >= 0.3 is 0 Å². The van der Waals surface area contributed by atoms with E-state index < -0.39 is 32.7 Å². The molecule has 0 bridgehead atoms. The van der Waals surface area contributed by atoms with E-state index in [0.717, 1.165) is 6.07 Å². The SMILES string of the molecule is O=S(=O)(NCCc1c(-c2ccc(F)cc2)[nH]c2c(F)cc(F)cc12)C1CCOCC1. The van der Waals surface area contributed by atoms with Crippen LogP contribution in [0.25, 0.3) is 22.2 Å². The highest BCUT2D eigenvalue weighted by Gasteiger charge is 2.27. The Morgan fingerprint density at radius 3 is 2.43 bits per heavy atom. The van der Waals surface area contributed by atoms with Crippen LogP contribution < -0.4 is 4.72 Å². The molecule has 1 aliphatic heterocycles. The van der Waals surface area contributed by atoms with Gasteiger partial charge in [0.2, 0.25) is 10.0 Å². The summed E-state index contributed by atoms with van der Waals surface area (Å²) in [5, 5.41) is -0.183. The third kappa shape index (κ3) is 4.23. The van der Waals surface area contributed by atoms with Gasteiger partial charge in [-0.05, 0) is 60.7 Å². The minimum atomic E-state index is -3.53. The van der Waals surface area contributed by atoms with Crippen LogP contribution in [0.1, 0.15) is 18.4 Å². The molecule has 1 aromatic heterocycles. The van der Waals surface area contributed by atoms with E-state index in [2.05, 4.69) is 9.71 Å². The fourth-order valence-electron chi connectivity index (χ4n) is 3.82. The molecular formula is C21H21F3N2O3S. The Labute approximate surface area is 172 Å². The summed E-state index contributed by atoms with van der Waals surface area (Å²) >= 11 is 0. The van der Waals surface area contributed by atoms with Crippen molar-refractivity contribution in [3.8, 4) is 11.3 Å². The molecule has 5 nitrogen and oxygen atoms in total. The molecule has 9 heteroatoms. The molecule has 30 heavy (non-hydrogen) atoms. The Morgan fingerprint density at radius 2 is 1.73 bits per heavy atom. The zero-order valence-electron chi connectivity index (χ0n) is 16.1. The number of hydrogen-bond donors (Lipinski definition) is 2. The number of fused-ring (bicyclic) bond motifs is 1.